The van der Waals surface area contributed by atoms with Gasteiger partial charge < -0.3 is 26.1 Å². The first-order valence-corrected chi connectivity index (χ1v) is 15.2. The SMILES string of the molecule is Nc1nc(C(=NOc2ccc(Cl)cc2)C(=O)NC2C(=O)N3C(C(=O)O)=C(CSc4nnnn4CCC(=O)O)CS[C@H]23)ns1. The summed E-state index contributed by atoms with van der Waals surface area (Å²) >= 11 is 9.09. The third-order valence-corrected chi connectivity index (χ3v) is 9.05. The van der Waals surface area contributed by atoms with Gasteiger partial charge in [0.2, 0.25) is 16.7 Å². The number of anilines is 1. The monoisotopic (exact) mass is 666 g/mol. The summed E-state index contributed by atoms with van der Waals surface area (Å²) in [6.45, 7) is 0.0390. The van der Waals surface area contributed by atoms with Crippen molar-refractivity contribution in [1.29, 1.82) is 0 Å². The number of thioether (sulfide) groups is 2. The number of aryl methyl sites for hydroxylation is 1. The molecular formula is C22H19ClN10O7S3. The number of aliphatic carboxylic acids is 2. The first-order valence-electron chi connectivity index (χ1n) is 12.0. The van der Waals surface area contributed by atoms with E-state index in [2.05, 4.69) is 35.4 Å². The summed E-state index contributed by atoms with van der Waals surface area (Å²) < 4.78 is 5.31. The van der Waals surface area contributed by atoms with Crippen molar-refractivity contribution in [3.8, 4) is 5.75 Å². The van der Waals surface area contributed by atoms with Crippen molar-refractivity contribution in [2.24, 2.45) is 5.16 Å². The number of amides is 2. The number of hydrogen-bond donors (Lipinski definition) is 4. The molecule has 3 aromatic rings. The topological polar surface area (TPSA) is 241 Å². The number of rotatable bonds is 12. The third kappa shape index (κ3) is 6.71. The largest absolute Gasteiger partial charge is 0.481 e. The molecule has 17 nitrogen and oxygen atoms in total. The van der Waals surface area contributed by atoms with Crippen molar-refractivity contribution in [2.45, 2.75) is 29.5 Å². The summed E-state index contributed by atoms with van der Waals surface area (Å²) in [5, 5.41) is 36.6. The first kappa shape index (κ1) is 30.2. The maximum absolute atomic E-state index is 13.3. The molecule has 0 aliphatic carbocycles. The normalized spacial score (nSPS) is 18.2. The minimum absolute atomic E-state index is 0.0390. The van der Waals surface area contributed by atoms with E-state index < -0.39 is 35.2 Å². The Morgan fingerprint density at radius 1 is 1.26 bits per heavy atom. The number of carboxylic acids is 2. The lowest BCUT2D eigenvalue weighted by Gasteiger charge is -2.49. The van der Waals surface area contributed by atoms with E-state index in [1.807, 2.05) is 0 Å². The highest BCUT2D eigenvalue weighted by Gasteiger charge is 2.54. The molecule has 5 N–H and O–H groups in total. The van der Waals surface area contributed by atoms with Crippen molar-refractivity contribution < 1.29 is 34.2 Å². The molecule has 1 unspecified atom stereocenters. The Morgan fingerprint density at radius 2 is 2.02 bits per heavy atom. The Labute approximate surface area is 258 Å². The Hall–Kier alpha value is -4.27. The maximum atomic E-state index is 13.3. The Bertz CT molecular complexity index is 1640. The fourth-order valence-electron chi connectivity index (χ4n) is 3.91. The summed E-state index contributed by atoms with van der Waals surface area (Å²) in [6, 6.07) is 5.12. The number of β-lactam (4-membered cyclic amide) rings is 1. The summed E-state index contributed by atoms with van der Waals surface area (Å²) in [5.41, 5.74) is 5.56. The van der Waals surface area contributed by atoms with Gasteiger partial charge in [-0.15, -0.1) is 16.9 Å². The minimum Gasteiger partial charge on any atom is -0.481 e. The van der Waals surface area contributed by atoms with E-state index in [4.69, 9.17) is 27.3 Å². The van der Waals surface area contributed by atoms with E-state index in [1.54, 1.807) is 12.1 Å². The molecule has 0 saturated carbocycles. The first-order chi connectivity index (χ1) is 20.6. The van der Waals surface area contributed by atoms with Crippen molar-refractivity contribution in [3.05, 3.63) is 46.4 Å². The summed E-state index contributed by atoms with van der Waals surface area (Å²) in [5.74, 6) is -3.29. The lowest BCUT2D eigenvalue weighted by molar-refractivity contribution is -0.150. The van der Waals surface area contributed by atoms with E-state index in [0.717, 1.165) is 28.2 Å². The Kier molecular flexibility index (Phi) is 9.08. The lowest BCUT2D eigenvalue weighted by Crippen LogP contribution is -2.71. The smallest absolute Gasteiger partial charge is 0.352 e. The van der Waals surface area contributed by atoms with Gasteiger partial charge in [-0.3, -0.25) is 19.3 Å². The van der Waals surface area contributed by atoms with Crippen LogP contribution < -0.4 is 15.9 Å². The number of hydrogen-bond acceptors (Lipinski definition) is 15. The van der Waals surface area contributed by atoms with Crippen LogP contribution in [-0.4, -0.2) is 97.1 Å². The van der Waals surface area contributed by atoms with E-state index >= 15 is 0 Å². The van der Waals surface area contributed by atoms with Gasteiger partial charge in [-0.1, -0.05) is 28.5 Å². The molecule has 4 heterocycles. The molecule has 2 aromatic heterocycles. The highest BCUT2D eigenvalue weighted by Crippen LogP contribution is 2.41. The number of nitrogen functional groups attached to an aromatic ring is 1. The van der Waals surface area contributed by atoms with Gasteiger partial charge in [0.1, 0.15) is 17.1 Å². The van der Waals surface area contributed by atoms with Crippen LogP contribution in [0.25, 0.3) is 0 Å². The number of nitrogens with one attached hydrogen (secondary N) is 1. The number of halogens is 1. The molecular weight excluding hydrogens is 648 g/mol. The third-order valence-electron chi connectivity index (χ3n) is 5.87. The Morgan fingerprint density at radius 3 is 2.70 bits per heavy atom. The van der Waals surface area contributed by atoms with Gasteiger partial charge in [0, 0.05) is 28.1 Å². The average Bonchev–Trinajstić information content (AvgIpc) is 3.62. The van der Waals surface area contributed by atoms with Crippen molar-refractivity contribution in [3.63, 3.8) is 0 Å². The zero-order valence-electron chi connectivity index (χ0n) is 21.5. The fourth-order valence-corrected chi connectivity index (χ4v) is 6.86. The van der Waals surface area contributed by atoms with Crippen LogP contribution >= 0.6 is 46.7 Å². The summed E-state index contributed by atoms with van der Waals surface area (Å²) in [7, 11) is 0. The number of benzene rings is 1. The van der Waals surface area contributed by atoms with E-state index in [9.17, 15) is 24.3 Å². The fraction of sp³-hybridized carbons (Fsp3) is 0.273. The molecule has 2 atom stereocenters. The number of carbonyl (C=O) groups is 4. The van der Waals surface area contributed by atoms with Gasteiger partial charge in [0.25, 0.3) is 11.8 Å². The van der Waals surface area contributed by atoms with Gasteiger partial charge >= 0.3 is 11.9 Å². The lowest BCUT2D eigenvalue weighted by atomic mass is 10.0. The maximum Gasteiger partial charge on any atom is 0.352 e. The van der Waals surface area contributed by atoms with E-state index in [-0.39, 0.29) is 52.6 Å². The molecule has 0 bridgehead atoms. The number of fused-ring (bicyclic) bond motifs is 1. The van der Waals surface area contributed by atoms with Gasteiger partial charge in [-0.05, 0) is 40.3 Å². The molecule has 43 heavy (non-hydrogen) atoms. The average molecular weight is 667 g/mol. The van der Waals surface area contributed by atoms with Crippen LogP contribution in [0, 0.1) is 0 Å². The predicted octanol–water partition coefficient (Wildman–Crippen LogP) is 0.549. The molecule has 5 rings (SSSR count). The van der Waals surface area contributed by atoms with Gasteiger partial charge in [-0.2, -0.15) is 9.36 Å². The van der Waals surface area contributed by atoms with Crippen LogP contribution in [-0.2, 0) is 25.7 Å². The highest BCUT2D eigenvalue weighted by molar-refractivity contribution is 8.01. The number of tetrazole rings is 1. The zero-order chi connectivity index (χ0) is 30.7. The van der Waals surface area contributed by atoms with Gasteiger partial charge in [0.15, 0.2) is 10.9 Å². The highest BCUT2D eigenvalue weighted by atomic mass is 35.5. The number of aromatic nitrogens is 6. The zero-order valence-corrected chi connectivity index (χ0v) is 24.7. The molecule has 2 amide bonds. The molecule has 0 radical (unpaired) electrons. The van der Waals surface area contributed by atoms with Crippen LogP contribution in [0.4, 0.5) is 5.13 Å². The quantitative estimate of drug-likeness (QED) is 0.0892. The molecule has 1 saturated heterocycles. The number of nitrogens with zero attached hydrogens (tertiary/aromatic N) is 8. The van der Waals surface area contributed by atoms with Gasteiger partial charge in [-0.25, -0.2) is 9.48 Å². The number of carbonyl (C=O) groups excluding carboxylic acids is 2. The molecule has 1 fully saturated rings. The van der Waals surface area contributed by atoms with Crippen molar-refractivity contribution in [2.75, 3.05) is 17.2 Å². The second kappa shape index (κ2) is 12.9. The minimum atomic E-state index is -1.31. The number of oxime groups is 1. The standard InChI is InChI=1S/C22H19ClN10O7S3/c23-10-1-3-11(4-2-10)40-28-13(16-26-21(24)43-29-16)17(36)25-14-18(37)33-15(20(38)39)9(7-41-19(14)33)8-42-22-27-30-31-32(22)6-5-12(34)35/h1-4,14,19H,5-8H2,(H,25,36)(H,34,35)(H,38,39)(H2,24,26,29)/t14?,19-/m1/s1. The second-order valence-electron chi connectivity index (χ2n) is 8.68. The van der Waals surface area contributed by atoms with Crippen LogP contribution in [0.2, 0.25) is 5.02 Å². The van der Waals surface area contributed by atoms with Crippen LogP contribution in [0.15, 0.2) is 45.8 Å². The number of nitrogens with two attached hydrogens (primary N) is 1. The second-order valence-corrected chi connectivity index (χ2v) is 11.9. The molecule has 2 aliphatic heterocycles. The molecule has 21 heteroatoms. The van der Waals surface area contributed by atoms with E-state index in [0.29, 0.717) is 15.8 Å². The Balaban J connectivity index is 1.30. The number of carboxylic acid groups (broad SMARTS) is 2. The predicted molar refractivity (Wildman–Crippen MR) is 153 cm³/mol. The van der Waals surface area contributed by atoms with Crippen LogP contribution in [0.1, 0.15) is 12.2 Å². The summed E-state index contributed by atoms with van der Waals surface area (Å²) in [4.78, 5) is 60.0. The van der Waals surface area contributed by atoms with Gasteiger partial charge in [0.05, 0.1) is 13.0 Å². The molecule has 0 spiro atoms. The van der Waals surface area contributed by atoms with Crippen LogP contribution in [0.5, 0.6) is 5.75 Å². The summed E-state index contributed by atoms with van der Waals surface area (Å²) in [6.07, 6.45) is -0.194. The van der Waals surface area contributed by atoms with Crippen molar-refractivity contribution in [1.82, 2.24) is 39.8 Å². The molecule has 2 aliphatic rings. The van der Waals surface area contributed by atoms with E-state index in [1.165, 1.54) is 28.6 Å². The van der Waals surface area contributed by atoms with Crippen molar-refractivity contribution >= 4 is 81.3 Å². The van der Waals surface area contributed by atoms with Crippen LogP contribution in [0.3, 0.4) is 0 Å². The molecule has 224 valence electrons. The molecule has 1 aromatic carbocycles.